The molecule has 112 valence electrons. The van der Waals surface area contributed by atoms with Crippen LogP contribution in [0.2, 0.25) is 0 Å². The second kappa shape index (κ2) is 7.04. The molecule has 1 heterocycles. The molecule has 1 aromatic rings. The van der Waals surface area contributed by atoms with Crippen molar-refractivity contribution >= 4 is 0 Å². The van der Waals surface area contributed by atoms with Crippen molar-refractivity contribution in [2.45, 2.75) is 38.8 Å². The van der Waals surface area contributed by atoms with Gasteiger partial charge in [0, 0.05) is 30.2 Å². The standard InChI is InChI=1S/C16H24FNO2/c1-4-8-18-16(13-7-9-20-11(13)2)14-6-5-12(19-3)10-15(14)17/h5-6,10-11,13,16,18H,4,7-9H2,1-3H3. The second-order valence-electron chi connectivity index (χ2n) is 5.35. The van der Waals surface area contributed by atoms with E-state index in [0.29, 0.717) is 17.2 Å². The first-order valence-corrected chi connectivity index (χ1v) is 7.35. The Morgan fingerprint density at radius 1 is 1.50 bits per heavy atom. The van der Waals surface area contributed by atoms with E-state index in [9.17, 15) is 4.39 Å². The summed E-state index contributed by atoms with van der Waals surface area (Å²) in [6, 6.07) is 5.10. The Labute approximate surface area is 120 Å². The lowest BCUT2D eigenvalue weighted by Crippen LogP contribution is -2.33. The average molecular weight is 281 g/mol. The number of rotatable bonds is 6. The number of ether oxygens (including phenoxy) is 2. The highest BCUT2D eigenvalue weighted by molar-refractivity contribution is 5.31. The molecule has 0 aliphatic carbocycles. The van der Waals surface area contributed by atoms with E-state index in [1.54, 1.807) is 7.11 Å². The summed E-state index contributed by atoms with van der Waals surface area (Å²) in [5, 5.41) is 3.48. The molecule has 3 atom stereocenters. The maximum atomic E-state index is 14.3. The van der Waals surface area contributed by atoms with Crippen molar-refractivity contribution in [2.75, 3.05) is 20.3 Å². The van der Waals surface area contributed by atoms with Crippen LogP contribution in [0.3, 0.4) is 0 Å². The molecular formula is C16H24FNO2. The van der Waals surface area contributed by atoms with Gasteiger partial charge in [-0.3, -0.25) is 0 Å². The van der Waals surface area contributed by atoms with Crippen molar-refractivity contribution in [1.29, 1.82) is 0 Å². The second-order valence-corrected chi connectivity index (χ2v) is 5.35. The van der Waals surface area contributed by atoms with Crippen LogP contribution in [-0.2, 0) is 4.74 Å². The molecule has 4 heteroatoms. The van der Waals surface area contributed by atoms with Gasteiger partial charge in [-0.15, -0.1) is 0 Å². The Morgan fingerprint density at radius 3 is 2.85 bits per heavy atom. The molecule has 1 aromatic carbocycles. The average Bonchev–Trinajstić information content (AvgIpc) is 2.87. The minimum Gasteiger partial charge on any atom is -0.497 e. The third-order valence-electron chi connectivity index (χ3n) is 4.02. The molecule has 0 saturated carbocycles. The van der Waals surface area contributed by atoms with E-state index in [2.05, 4.69) is 19.2 Å². The predicted octanol–water partition coefficient (Wildman–Crippen LogP) is 3.30. The highest BCUT2D eigenvalue weighted by atomic mass is 19.1. The van der Waals surface area contributed by atoms with E-state index in [4.69, 9.17) is 9.47 Å². The molecule has 3 unspecified atom stereocenters. The summed E-state index contributed by atoms with van der Waals surface area (Å²) in [6.45, 7) is 5.82. The molecule has 1 N–H and O–H groups in total. The highest BCUT2D eigenvalue weighted by Crippen LogP contribution is 2.35. The van der Waals surface area contributed by atoms with Crippen molar-refractivity contribution in [3.05, 3.63) is 29.6 Å². The molecule has 3 nitrogen and oxygen atoms in total. The molecule has 0 spiro atoms. The molecule has 20 heavy (non-hydrogen) atoms. The van der Waals surface area contributed by atoms with Crippen molar-refractivity contribution < 1.29 is 13.9 Å². The summed E-state index contributed by atoms with van der Waals surface area (Å²) in [6.07, 6.45) is 2.15. The predicted molar refractivity (Wildman–Crippen MR) is 77.5 cm³/mol. The Hall–Kier alpha value is -1.13. The maximum Gasteiger partial charge on any atom is 0.131 e. The normalized spacial score (nSPS) is 23.8. The first-order chi connectivity index (χ1) is 9.67. The number of halogens is 1. The fourth-order valence-corrected chi connectivity index (χ4v) is 2.86. The van der Waals surface area contributed by atoms with Crippen LogP contribution < -0.4 is 10.1 Å². The molecule has 0 aromatic heterocycles. The largest absolute Gasteiger partial charge is 0.497 e. The van der Waals surface area contributed by atoms with Crippen LogP contribution in [0.25, 0.3) is 0 Å². The van der Waals surface area contributed by atoms with Crippen LogP contribution in [0.15, 0.2) is 18.2 Å². The van der Waals surface area contributed by atoms with E-state index in [1.165, 1.54) is 6.07 Å². The van der Waals surface area contributed by atoms with Gasteiger partial charge in [0.15, 0.2) is 0 Å². The topological polar surface area (TPSA) is 30.5 Å². The Bertz CT molecular complexity index is 438. The van der Waals surface area contributed by atoms with Gasteiger partial charge in [-0.25, -0.2) is 4.39 Å². The van der Waals surface area contributed by atoms with Gasteiger partial charge in [0.2, 0.25) is 0 Å². The zero-order valence-corrected chi connectivity index (χ0v) is 12.5. The van der Waals surface area contributed by atoms with E-state index in [-0.39, 0.29) is 18.0 Å². The Kier molecular flexibility index (Phi) is 5.38. The number of benzene rings is 1. The first kappa shape index (κ1) is 15.3. The Morgan fingerprint density at radius 2 is 2.30 bits per heavy atom. The molecule has 0 amide bonds. The minimum absolute atomic E-state index is 0.00152. The van der Waals surface area contributed by atoms with Gasteiger partial charge in [-0.05, 0) is 32.4 Å². The van der Waals surface area contributed by atoms with Crippen LogP contribution >= 0.6 is 0 Å². The van der Waals surface area contributed by atoms with Crippen LogP contribution in [-0.4, -0.2) is 26.4 Å². The molecule has 1 fully saturated rings. The van der Waals surface area contributed by atoms with Crippen molar-refractivity contribution in [3.63, 3.8) is 0 Å². The molecule has 2 rings (SSSR count). The molecule has 0 radical (unpaired) electrons. The van der Waals surface area contributed by atoms with Gasteiger partial charge < -0.3 is 14.8 Å². The lowest BCUT2D eigenvalue weighted by Gasteiger charge is -2.28. The van der Waals surface area contributed by atoms with Gasteiger partial charge in [0.05, 0.1) is 13.2 Å². The first-order valence-electron chi connectivity index (χ1n) is 7.35. The van der Waals surface area contributed by atoms with Crippen molar-refractivity contribution in [2.24, 2.45) is 5.92 Å². The molecule has 1 aliphatic rings. The van der Waals surface area contributed by atoms with Gasteiger partial charge in [-0.2, -0.15) is 0 Å². The van der Waals surface area contributed by atoms with Gasteiger partial charge in [0.25, 0.3) is 0 Å². The van der Waals surface area contributed by atoms with Crippen molar-refractivity contribution in [1.82, 2.24) is 5.32 Å². The summed E-state index contributed by atoms with van der Waals surface area (Å²) >= 11 is 0. The summed E-state index contributed by atoms with van der Waals surface area (Å²) in [5.41, 5.74) is 0.710. The summed E-state index contributed by atoms with van der Waals surface area (Å²) in [4.78, 5) is 0. The van der Waals surface area contributed by atoms with E-state index >= 15 is 0 Å². The van der Waals surface area contributed by atoms with Crippen LogP contribution in [0.4, 0.5) is 4.39 Å². The number of hydrogen-bond acceptors (Lipinski definition) is 3. The molecular weight excluding hydrogens is 257 g/mol. The van der Waals surface area contributed by atoms with Crippen LogP contribution in [0.1, 0.15) is 38.3 Å². The molecule has 1 saturated heterocycles. The number of methoxy groups -OCH3 is 1. The summed E-state index contributed by atoms with van der Waals surface area (Å²) < 4.78 is 25.1. The van der Waals surface area contributed by atoms with E-state index in [1.807, 2.05) is 12.1 Å². The lowest BCUT2D eigenvalue weighted by atomic mass is 9.88. The van der Waals surface area contributed by atoms with Crippen LogP contribution in [0, 0.1) is 11.7 Å². The fraction of sp³-hybridized carbons (Fsp3) is 0.625. The quantitative estimate of drug-likeness (QED) is 0.868. The fourth-order valence-electron chi connectivity index (χ4n) is 2.86. The Balaban J connectivity index is 2.25. The van der Waals surface area contributed by atoms with E-state index in [0.717, 1.165) is 26.0 Å². The summed E-state index contributed by atoms with van der Waals surface area (Å²) in [7, 11) is 1.55. The SMILES string of the molecule is CCCNC(c1ccc(OC)cc1F)C1CCOC1C. The third-order valence-corrected chi connectivity index (χ3v) is 4.02. The number of hydrogen-bond donors (Lipinski definition) is 1. The van der Waals surface area contributed by atoms with Crippen LogP contribution in [0.5, 0.6) is 5.75 Å². The van der Waals surface area contributed by atoms with Gasteiger partial charge in [-0.1, -0.05) is 13.0 Å². The van der Waals surface area contributed by atoms with Crippen molar-refractivity contribution in [3.8, 4) is 5.75 Å². The van der Waals surface area contributed by atoms with Gasteiger partial charge in [0.1, 0.15) is 11.6 Å². The third kappa shape index (κ3) is 3.30. The lowest BCUT2D eigenvalue weighted by molar-refractivity contribution is 0.0949. The van der Waals surface area contributed by atoms with Gasteiger partial charge >= 0.3 is 0 Å². The molecule has 0 bridgehead atoms. The minimum atomic E-state index is -0.211. The van der Waals surface area contributed by atoms with E-state index < -0.39 is 0 Å². The highest BCUT2D eigenvalue weighted by Gasteiger charge is 2.33. The number of nitrogens with one attached hydrogen (secondary N) is 1. The molecule has 1 aliphatic heterocycles. The summed E-state index contributed by atoms with van der Waals surface area (Å²) in [5.74, 6) is 0.651. The zero-order valence-electron chi connectivity index (χ0n) is 12.5. The smallest absolute Gasteiger partial charge is 0.131 e. The maximum absolute atomic E-state index is 14.3. The zero-order chi connectivity index (χ0) is 14.5. The monoisotopic (exact) mass is 281 g/mol.